The molecule has 1 aromatic heterocycles. The largest absolute Gasteiger partial charge is 0.381 e. The summed E-state index contributed by atoms with van der Waals surface area (Å²) in [4.78, 5) is 0. The lowest BCUT2D eigenvalue weighted by molar-refractivity contribution is 0.0601. The van der Waals surface area contributed by atoms with Gasteiger partial charge in [-0.15, -0.1) is 0 Å². The van der Waals surface area contributed by atoms with Gasteiger partial charge in [0.05, 0.1) is 6.20 Å². The third-order valence-corrected chi connectivity index (χ3v) is 2.68. The van der Waals surface area contributed by atoms with Gasteiger partial charge in [0, 0.05) is 31.5 Å². The second-order valence-electron chi connectivity index (χ2n) is 3.76. The number of rotatable bonds is 3. The zero-order chi connectivity index (χ0) is 9.80. The van der Waals surface area contributed by atoms with Gasteiger partial charge in [0.1, 0.15) is 0 Å². The number of aromatic nitrogens is 2. The molecule has 2 rings (SSSR count). The van der Waals surface area contributed by atoms with E-state index in [0.29, 0.717) is 0 Å². The van der Waals surface area contributed by atoms with Gasteiger partial charge >= 0.3 is 0 Å². The Morgan fingerprint density at radius 3 is 3.00 bits per heavy atom. The molecule has 76 valence electrons. The van der Waals surface area contributed by atoms with Gasteiger partial charge in [-0.05, 0) is 18.8 Å². The Labute approximate surface area is 84.4 Å². The quantitative estimate of drug-likeness (QED) is 0.732. The predicted molar refractivity (Wildman–Crippen MR) is 55.9 cm³/mol. The van der Waals surface area contributed by atoms with Gasteiger partial charge in [-0.1, -0.05) is 12.7 Å². The maximum atomic E-state index is 5.32. The lowest BCUT2D eigenvalue weighted by atomic mass is 10.0. The molecule has 1 fully saturated rings. The SMILES string of the molecule is C=Cc1cnn(CC2CCOCC2)c1. The maximum Gasteiger partial charge on any atom is 0.0562 e. The molecule has 0 aromatic carbocycles. The van der Waals surface area contributed by atoms with Crippen LogP contribution in [-0.4, -0.2) is 23.0 Å². The highest BCUT2D eigenvalue weighted by Crippen LogP contribution is 2.16. The minimum Gasteiger partial charge on any atom is -0.381 e. The van der Waals surface area contributed by atoms with Crippen LogP contribution in [0.2, 0.25) is 0 Å². The third kappa shape index (κ3) is 2.23. The van der Waals surface area contributed by atoms with E-state index in [1.165, 1.54) is 0 Å². The van der Waals surface area contributed by atoms with Crippen LogP contribution in [-0.2, 0) is 11.3 Å². The Morgan fingerprint density at radius 2 is 2.36 bits per heavy atom. The molecule has 1 aliphatic heterocycles. The number of nitrogens with zero attached hydrogens (tertiary/aromatic N) is 2. The highest BCUT2D eigenvalue weighted by molar-refractivity contribution is 5.43. The van der Waals surface area contributed by atoms with E-state index in [4.69, 9.17) is 4.74 Å². The van der Waals surface area contributed by atoms with Gasteiger partial charge in [-0.2, -0.15) is 5.10 Å². The molecule has 0 unspecified atom stereocenters. The van der Waals surface area contributed by atoms with Crippen molar-refractivity contribution in [2.75, 3.05) is 13.2 Å². The predicted octanol–water partition coefficient (Wildman–Crippen LogP) is 1.95. The Bertz CT molecular complexity index is 300. The average molecular weight is 192 g/mol. The molecule has 3 nitrogen and oxygen atoms in total. The molecule has 1 aliphatic rings. The summed E-state index contributed by atoms with van der Waals surface area (Å²) in [6.45, 7) is 6.53. The van der Waals surface area contributed by atoms with Crippen molar-refractivity contribution < 1.29 is 4.74 Å². The topological polar surface area (TPSA) is 27.1 Å². The first-order chi connectivity index (χ1) is 6.88. The summed E-state index contributed by atoms with van der Waals surface area (Å²) in [5.41, 5.74) is 1.09. The number of hydrogen-bond acceptors (Lipinski definition) is 2. The summed E-state index contributed by atoms with van der Waals surface area (Å²) in [6.07, 6.45) is 8.04. The summed E-state index contributed by atoms with van der Waals surface area (Å²) in [7, 11) is 0. The van der Waals surface area contributed by atoms with Crippen LogP contribution in [0, 0.1) is 5.92 Å². The molecule has 0 radical (unpaired) electrons. The molecule has 3 heteroatoms. The molecule has 2 heterocycles. The summed E-state index contributed by atoms with van der Waals surface area (Å²) < 4.78 is 7.32. The van der Waals surface area contributed by atoms with E-state index in [2.05, 4.69) is 11.7 Å². The molecular formula is C11H16N2O. The molecule has 0 aliphatic carbocycles. The van der Waals surface area contributed by atoms with Gasteiger partial charge in [-0.3, -0.25) is 4.68 Å². The van der Waals surface area contributed by atoms with Crippen molar-refractivity contribution in [3.63, 3.8) is 0 Å². The van der Waals surface area contributed by atoms with Crippen molar-refractivity contribution >= 4 is 6.08 Å². The third-order valence-electron chi connectivity index (χ3n) is 2.68. The summed E-state index contributed by atoms with van der Waals surface area (Å²) in [5.74, 6) is 0.723. The highest BCUT2D eigenvalue weighted by atomic mass is 16.5. The first-order valence-electron chi connectivity index (χ1n) is 5.11. The molecule has 0 amide bonds. The van der Waals surface area contributed by atoms with Crippen molar-refractivity contribution in [2.24, 2.45) is 5.92 Å². The Morgan fingerprint density at radius 1 is 1.57 bits per heavy atom. The van der Waals surface area contributed by atoms with E-state index in [0.717, 1.165) is 44.1 Å². The molecule has 0 saturated carbocycles. The summed E-state index contributed by atoms with van der Waals surface area (Å²) >= 11 is 0. The zero-order valence-corrected chi connectivity index (χ0v) is 8.35. The summed E-state index contributed by atoms with van der Waals surface area (Å²) in [6, 6.07) is 0. The van der Waals surface area contributed by atoms with E-state index < -0.39 is 0 Å². The number of hydrogen-bond donors (Lipinski definition) is 0. The minimum atomic E-state index is 0.723. The van der Waals surface area contributed by atoms with E-state index in [9.17, 15) is 0 Å². The van der Waals surface area contributed by atoms with E-state index in [1.54, 1.807) is 0 Å². The average Bonchev–Trinajstić information content (AvgIpc) is 2.67. The minimum absolute atomic E-state index is 0.723. The second-order valence-corrected chi connectivity index (χ2v) is 3.76. The van der Waals surface area contributed by atoms with Gasteiger partial charge in [0.2, 0.25) is 0 Å². The van der Waals surface area contributed by atoms with Gasteiger partial charge < -0.3 is 4.74 Å². The maximum absolute atomic E-state index is 5.32. The van der Waals surface area contributed by atoms with E-state index in [1.807, 2.05) is 23.2 Å². The van der Waals surface area contributed by atoms with Crippen molar-refractivity contribution in [3.05, 3.63) is 24.5 Å². The smallest absolute Gasteiger partial charge is 0.0562 e. The van der Waals surface area contributed by atoms with Crippen LogP contribution in [0.3, 0.4) is 0 Å². The van der Waals surface area contributed by atoms with Crippen LogP contribution in [0.15, 0.2) is 19.0 Å². The monoisotopic (exact) mass is 192 g/mol. The van der Waals surface area contributed by atoms with Crippen molar-refractivity contribution in [3.8, 4) is 0 Å². The molecule has 0 N–H and O–H groups in total. The molecule has 0 bridgehead atoms. The molecule has 0 spiro atoms. The van der Waals surface area contributed by atoms with Crippen LogP contribution in [0.4, 0.5) is 0 Å². The van der Waals surface area contributed by atoms with Crippen LogP contribution < -0.4 is 0 Å². The number of ether oxygens (including phenoxy) is 1. The fourth-order valence-corrected chi connectivity index (χ4v) is 1.78. The summed E-state index contributed by atoms with van der Waals surface area (Å²) in [5, 5.41) is 4.29. The van der Waals surface area contributed by atoms with Gasteiger partial charge in [-0.25, -0.2) is 0 Å². The lowest BCUT2D eigenvalue weighted by Gasteiger charge is -2.21. The molecular weight excluding hydrogens is 176 g/mol. The Kier molecular flexibility index (Phi) is 2.99. The van der Waals surface area contributed by atoms with Crippen molar-refractivity contribution in [1.82, 2.24) is 9.78 Å². The molecule has 1 saturated heterocycles. The Balaban J connectivity index is 1.92. The highest BCUT2D eigenvalue weighted by Gasteiger charge is 2.14. The van der Waals surface area contributed by atoms with Gasteiger partial charge in [0.25, 0.3) is 0 Å². The molecule has 14 heavy (non-hydrogen) atoms. The standard InChI is InChI=1S/C11H16N2O/c1-2-10-7-12-13(8-10)9-11-3-5-14-6-4-11/h2,7-8,11H,1,3-6,9H2. The first-order valence-corrected chi connectivity index (χ1v) is 5.11. The normalized spacial score (nSPS) is 18.3. The van der Waals surface area contributed by atoms with E-state index >= 15 is 0 Å². The first kappa shape index (κ1) is 9.46. The Hall–Kier alpha value is -1.09. The van der Waals surface area contributed by atoms with Crippen LogP contribution in [0.1, 0.15) is 18.4 Å². The second kappa shape index (κ2) is 4.42. The van der Waals surface area contributed by atoms with E-state index in [-0.39, 0.29) is 0 Å². The molecule has 1 aromatic rings. The van der Waals surface area contributed by atoms with Crippen molar-refractivity contribution in [1.29, 1.82) is 0 Å². The lowest BCUT2D eigenvalue weighted by Crippen LogP contribution is -2.20. The van der Waals surface area contributed by atoms with Crippen LogP contribution in [0.5, 0.6) is 0 Å². The fraction of sp³-hybridized carbons (Fsp3) is 0.545. The molecule has 0 atom stereocenters. The van der Waals surface area contributed by atoms with Gasteiger partial charge in [0.15, 0.2) is 0 Å². The van der Waals surface area contributed by atoms with Crippen LogP contribution >= 0.6 is 0 Å². The van der Waals surface area contributed by atoms with Crippen LogP contribution in [0.25, 0.3) is 6.08 Å². The van der Waals surface area contributed by atoms with Crippen molar-refractivity contribution in [2.45, 2.75) is 19.4 Å². The fourth-order valence-electron chi connectivity index (χ4n) is 1.78. The zero-order valence-electron chi connectivity index (χ0n) is 8.35.